The van der Waals surface area contributed by atoms with Crippen LogP contribution in [0.4, 0.5) is 0 Å². The monoisotopic (exact) mass is 241 g/mol. The second-order valence-corrected chi connectivity index (χ2v) is 5.14. The molecule has 3 heteroatoms. The van der Waals surface area contributed by atoms with Gasteiger partial charge in [-0.25, -0.2) is 0 Å². The Balaban J connectivity index is 3.13. The molecule has 0 aromatic heterocycles. The van der Waals surface area contributed by atoms with Crippen LogP contribution in [0, 0.1) is 11.3 Å². The van der Waals surface area contributed by atoms with Gasteiger partial charge in [-0.05, 0) is 12.3 Å². The van der Waals surface area contributed by atoms with Crippen LogP contribution in [0.2, 0.25) is 0 Å². The Bertz CT molecular complexity index is 180. The van der Waals surface area contributed by atoms with Crippen molar-refractivity contribution in [3.05, 3.63) is 0 Å². The molecule has 0 fully saturated rings. The maximum absolute atomic E-state index is 7.01. The molecule has 0 heterocycles. The molecular formula is C14H31N3. The summed E-state index contributed by atoms with van der Waals surface area (Å²) >= 11 is 0. The summed E-state index contributed by atoms with van der Waals surface area (Å²) in [5.74, 6) is 0.992. The highest BCUT2D eigenvalue weighted by atomic mass is 15.0. The first-order valence-corrected chi connectivity index (χ1v) is 7.24. The fourth-order valence-electron chi connectivity index (χ4n) is 2.08. The van der Waals surface area contributed by atoms with E-state index in [2.05, 4.69) is 19.2 Å². The summed E-state index contributed by atoms with van der Waals surface area (Å²) in [6, 6.07) is 0. The van der Waals surface area contributed by atoms with Crippen LogP contribution in [-0.2, 0) is 0 Å². The lowest BCUT2D eigenvalue weighted by Crippen LogP contribution is -2.30. The van der Waals surface area contributed by atoms with E-state index in [9.17, 15) is 0 Å². The molecule has 3 nitrogen and oxygen atoms in total. The minimum Gasteiger partial charge on any atom is -0.370 e. The number of hydrogen-bond acceptors (Lipinski definition) is 1. The van der Waals surface area contributed by atoms with E-state index in [-0.39, 0.29) is 5.96 Å². The minimum absolute atomic E-state index is 0.0922. The smallest absolute Gasteiger partial charge is 0.185 e. The van der Waals surface area contributed by atoms with Crippen LogP contribution < -0.4 is 11.1 Å². The maximum Gasteiger partial charge on any atom is 0.185 e. The maximum atomic E-state index is 7.01. The number of unbranched alkanes of at least 4 members (excludes halogenated alkanes) is 5. The van der Waals surface area contributed by atoms with Crippen molar-refractivity contribution < 1.29 is 0 Å². The van der Waals surface area contributed by atoms with Crippen molar-refractivity contribution in [2.45, 2.75) is 71.6 Å². The highest BCUT2D eigenvalue weighted by molar-refractivity contribution is 5.74. The molecule has 0 aromatic rings. The Hall–Kier alpha value is -0.730. The standard InChI is InChI=1S/C14H31N3/c1-3-4-7-10-13(2)11-8-5-6-9-12-17-14(15)16/h13H,3-12H2,1-2H3,(H4,15,16,17). The zero-order chi connectivity index (χ0) is 12.9. The first-order chi connectivity index (χ1) is 8.16. The zero-order valence-corrected chi connectivity index (χ0v) is 11.7. The Labute approximate surface area is 107 Å². The van der Waals surface area contributed by atoms with Gasteiger partial charge in [0.25, 0.3) is 0 Å². The van der Waals surface area contributed by atoms with E-state index >= 15 is 0 Å². The Morgan fingerprint density at radius 1 is 1.06 bits per heavy atom. The molecule has 0 aliphatic rings. The molecule has 0 saturated carbocycles. The lowest BCUT2D eigenvalue weighted by Gasteiger charge is -2.10. The van der Waals surface area contributed by atoms with Crippen molar-refractivity contribution in [2.75, 3.05) is 6.54 Å². The topological polar surface area (TPSA) is 61.9 Å². The molecule has 4 N–H and O–H groups in total. The summed E-state index contributed by atoms with van der Waals surface area (Å²) in [6.45, 7) is 5.49. The fraction of sp³-hybridized carbons (Fsp3) is 0.929. The van der Waals surface area contributed by atoms with Gasteiger partial charge >= 0.3 is 0 Å². The molecule has 0 bridgehead atoms. The molecule has 0 amide bonds. The average molecular weight is 241 g/mol. The van der Waals surface area contributed by atoms with Gasteiger partial charge in [0.15, 0.2) is 5.96 Å². The number of nitrogens with two attached hydrogens (primary N) is 1. The first-order valence-electron chi connectivity index (χ1n) is 7.24. The highest BCUT2D eigenvalue weighted by Crippen LogP contribution is 2.16. The van der Waals surface area contributed by atoms with Crippen molar-refractivity contribution in [3.8, 4) is 0 Å². The summed E-state index contributed by atoms with van der Waals surface area (Å²) in [6.07, 6.45) is 12.0. The number of rotatable bonds is 11. The van der Waals surface area contributed by atoms with Gasteiger partial charge in [-0.1, -0.05) is 65.2 Å². The van der Waals surface area contributed by atoms with Crippen molar-refractivity contribution in [2.24, 2.45) is 11.7 Å². The summed E-state index contributed by atoms with van der Waals surface area (Å²) in [4.78, 5) is 0. The van der Waals surface area contributed by atoms with Crippen LogP contribution in [0.25, 0.3) is 0 Å². The predicted octanol–water partition coefficient (Wildman–Crippen LogP) is 3.64. The van der Waals surface area contributed by atoms with E-state index in [4.69, 9.17) is 11.1 Å². The van der Waals surface area contributed by atoms with Crippen molar-refractivity contribution in [1.82, 2.24) is 5.32 Å². The fourth-order valence-corrected chi connectivity index (χ4v) is 2.08. The lowest BCUT2D eigenvalue weighted by molar-refractivity contribution is 0.438. The third kappa shape index (κ3) is 13.2. The van der Waals surface area contributed by atoms with Crippen molar-refractivity contribution in [1.29, 1.82) is 5.41 Å². The molecule has 0 aromatic carbocycles. The van der Waals surface area contributed by atoms with Crippen LogP contribution >= 0.6 is 0 Å². The van der Waals surface area contributed by atoms with Gasteiger partial charge in [0.05, 0.1) is 0 Å². The van der Waals surface area contributed by atoms with E-state index in [1.165, 1.54) is 51.4 Å². The second-order valence-electron chi connectivity index (χ2n) is 5.14. The second kappa shape index (κ2) is 11.7. The molecule has 1 atom stereocenters. The van der Waals surface area contributed by atoms with Gasteiger partial charge in [0.2, 0.25) is 0 Å². The van der Waals surface area contributed by atoms with Gasteiger partial charge in [-0.15, -0.1) is 0 Å². The number of guanidine groups is 1. The zero-order valence-electron chi connectivity index (χ0n) is 11.7. The normalized spacial score (nSPS) is 12.4. The molecule has 0 radical (unpaired) electrons. The molecule has 0 aliphatic heterocycles. The Morgan fingerprint density at radius 3 is 2.24 bits per heavy atom. The minimum atomic E-state index is 0.0922. The molecule has 0 saturated heterocycles. The van der Waals surface area contributed by atoms with E-state index in [1.807, 2.05) is 0 Å². The van der Waals surface area contributed by atoms with E-state index < -0.39 is 0 Å². The predicted molar refractivity (Wildman–Crippen MR) is 76.3 cm³/mol. The SMILES string of the molecule is CCCCCC(C)CCCCCCNC(=N)N. The van der Waals surface area contributed by atoms with Crippen LogP contribution in [0.1, 0.15) is 71.6 Å². The summed E-state index contributed by atoms with van der Waals surface area (Å²) in [5.41, 5.74) is 5.20. The molecule has 1 unspecified atom stereocenters. The van der Waals surface area contributed by atoms with Crippen LogP contribution in [-0.4, -0.2) is 12.5 Å². The highest BCUT2D eigenvalue weighted by Gasteiger charge is 2.01. The molecule has 102 valence electrons. The summed E-state index contributed by atoms with van der Waals surface area (Å²) in [7, 11) is 0. The molecule has 0 rings (SSSR count). The molecule has 0 aliphatic carbocycles. The van der Waals surface area contributed by atoms with Gasteiger partial charge < -0.3 is 11.1 Å². The first kappa shape index (κ1) is 16.3. The van der Waals surface area contributed by atoms with Crippen LogP contribution in [0.5, 0.6) is 0 Å². The van der Waals surface area contributed by atoms with E-state index in [0.717, 1.165) is 18.9 Å². The molecule has 0 spiro atoms. The summed E-state index contributed by atoms with van der Waals surface area (Å²) < 4.78 is 0. The largest absolute Gasteiger partial charge is 0.370 e. The molecule has 17 heavy (non-hydrogen) atoms. The van der Waals surface area contributed by atoms with E-state index in [1.54, 1.807) is 0 Å². The van der Waals surface area contributed by atoms with Crippen molar-refractivity contribution >= 4 is 5.96 Å². The Kier molecular flexibility index (Phi) is 11.2. The van der Waals surface area contributed by atoms with Gasteiger partial charge in [-0.2, -0.15) is 0 Å². The van der Waals surface area contributed by atoms with Gasteiger partial charge in [0, 0.05) is 6.54 Å². The quantitative estimate of drug-likeness (QED) is 0.294. The summed E-state index contributed by atoms with van der Waals surface area (Å²) in [5, 5.41) is 9.85. The third-order valence-corrected chi connectivity index (χ3v) is 3.24. The van der Waals surface area contributed by atoms with Crippen LogP contribution in [0.15, 0.2) is 0 Å². The number of nitrogens with one attached hydrogen (secondary N) is 2. The Morgan fingerprint density at radius 2 is 1.65 bits per heavy atom. The third-order valence-electron chi connectivity index (χ3n) is 3.24. The van der Waals surface area contributed by atoms with Crippen LogP contribution in [0.3, 0.4) is 0 Å². The van der Waals surface area contributed by atoms with Crippen molar-refractivity contribution in [3.63, 3.8) is 0 Å². The average Bonchev–Trinajstić information content (AvgIpc) is 2.28. The van der Waals surface area contributed by atoms with E-state index in [0.29, 0.717) is 0 Å². The van der Waals surface area contributed by atoms with Gasteiger partial charge in [-0.3, -0.25) is 5.41 Å². The molecular weight excluding hydrogens is 210 g/mol. The lowest BCUT2D eigenvalue weighted by atomic mass is 9.97. The number of hydrogen-bond donors (Lipinski definition) is 3. The van der Waals surface area contributed by atoms with Gasteiger partial charge in [0.1, 0.15) is 0 Å².